The van der Waals surface area contributed by atoms with Crippen LogP contribution in [0.1, 0.15) is 112 Å². The van der Waals surface area contributed by atoms with Crippen LogP contribution in [-0.4, -0.2) is 112 Å². The van der Waals surface area contributed by atoms with E-state index in [9.17, 15) is 24.3 Å². The molecule has 6 aromatic rings. The number of benzene rings is 2. The highest BCUT2D eigenvalue weighted by molar-refractivity contribution is 6.05. The highest BCUT2D eigenvalue weighted by Crippen LogP contribution is 2.35. The number of hydrazone groups is 1. The van der Waals surface area contributed by atoms with Crippen LogP contribution in [0.3, 0.4) is 0 Å². The van der Waals surface area contributed by atoms with Gasteiger partial charge < -0.3 is 45.6 Å². The molecule has 3 unspecified atom stereocenters. The molecule has 386 valence electrons. The number of hydrogen-bond donors (Lipinski definition) is 8. The first-order valence-corrected chi connectivity index (χ1v) is 25.0. The number of nitrogens with one attached hydrogen (secondary N) is 5. The molecule has 2 fully saturated rings. The summed E-state index contributed by atoms with van der Waals surface area (Å²) in [5, 5.41) is 36.0. The number of amides is 3. The predicted octanol–water partition coefficient (Wildman–Crippen LogP) is 3.92. The van der Waals surface area contributed by atoms with Gasteiger partial charge in [-0.25, -0.2) is 15.8 Å². The Morgan fingerprint density at radius 2 is 1.34 bits per heavy atom. The summed E-state index contributed by atoms with van der Waals surface area (Å²) in [6.45, 7) is 9.39. The van der Waals surface area contributed by atoms with Crippen molar-refractivity contribution in [3.05, 3.63) is 82.5 Å². The van der Waals surface area contributed by atoms with Crippen LogP contribution >= 0.6 is 0 Å². The van der Waals surface area contributed by atoms with Crippen LogP contribution in [0.5, 0.6) is 11.5 Å². The number of nitrogens with zero attached hydrogens (tertiary/aromatic N) is 9. The number of rotatable bonds is 13. The zero-order valence-corrected chi connectivity index (χ0v) is 41.6. The number of hydrogen-bond acceptors (Lipinski definition) is 15. The van der Waals surface area contributed by atoms with Gasteiger partial charge in [-0.3, -0.25) is 39.2 Å². The highest BCUT2D eigenvalue weighted by Gasteiger charge is 2.30. The fourth-order valence-corrected chi connectivity index (χ4v) is 10.2. The third kappa shape index (κ3) is 10.9. The molecule has 73 heavy (non-hydrogen) atoms. The topological polar surface area (TPSA) is 303 Å². The number of aliphatic hydroxyl groups excluding tert-OH is 1. The smallest absolute Gasteiger partial charge is 0.276 e. The molecule has 2 aromatic carbocycles. The quantitative estimate of drug-likeness (QED) is 0.0203. The molecule has 0 bridgehead atoms. The normalized spacial score (nSPS) is 20.9. The van der Waals surface area contributed by atoms with Crippen LogP contribution < -0.4 is 47.9 Å². The van der Waals surface area contributed by atoms with E-state index in [4.69, 9.17) is 31.1 Å². The van der Waals surface area contributed by atoms with Crippen molar-refractivity contribution in [2.24, 2.45) is 28.6 Å². The van der Waals surface area contributed by atoms with E-state index in [-0.39, 0.29) is 68.1 Å². The monoisotopic (exact) mass is 1000 g/mol. The number of amidine groups is 1. The second-order valence-electron chi connectivity index (χ2n) is 19.0. The van der Waals surface area contributed by atoms with Gasteiger partial charge in [-0.05, 0) is 122 Å². The van der Waals surface area contributed by atoms with E-state index >= 15 is 0 Å². The van der Waals surface area contributed by atoms with Crippen molar-refractivity contribution in [3.8, 4) is 11.5 Å². The molecule has 3 amide bonds. The summed E-state index contributed by atoms with van der Waals surface area (Å²) in [7, 11) is 0. The SMILES string of the molecule is CCn1nc(C)cc1C(=O)Nc1nc2cc(C=O)cc3c2n1C/C=C/Cn1c(NC(=O)c2cc(C)nn2CC)nc2cc(C(=O)NC4CCC(/C(=N/N)NN)CC4)cc(c21)OCC(NCC1CCC(O)C1)CO3. The van der Waals surface area contributed by atoms with Gasteiger partial charge in [-0.2, -0.15) is 15.3 Å². The molecule has 23 nitrogen and oxygen atoms in total. The Morgan fingerprint density at radius 3 is 1.86 bits per heavy atom. The van der Waals surface area contributed by atoms with Crippen LogP contribution in [0.4, 0.5) is 11.9 Å². The number of aldehydes is 1. The second kappa shape index (κ2) is 22.0. The second-order valence-corrected chi connectivity index (χ2v) is 19.0. The van der Waals surface area contributed by atoms with Crippen molar-refractivity contribution in [2.75, 3.05) is 30.4 Å². The Balaban J connectivity index is 1.13. The molecule has 2 saturated carbocycles. The summed E-state index contributed by atoms with van der Waals surface area (Å²) in [4.78, 5) is 64.6. The first-order chi connectivity index (χ1) is 35.4. The Labute approximate surface area is 421 Å². The Bertz CT molecular complexity index is 3090. The maximum absolute atomic E-state index is 14.3. The Morgan fingerprint density at radius 1 is 0.767 bits per heavy atom. The maximum Gasteiger partial charge on any atom is 0.276 e. The molecule has 2 aliphatic carbocycles. The van der Waals surface area contributed by atoms with Gasteiger partial charge in [0.05, 0.1) is 34.6 Å². The number of ether oxygens (including phenoxy) is 2. The number of carbonyl (C=O) groups excluding carboxylic acids is 4. The average molecular weight is 1000 g/mol. The fourth-order valence-electron chi connectivity index (χ4n) is 10.2. The first kappa shape index (κ1) is 50.3. The van der Waals surface area contributed by atoms with Gasteiger partial charge in [0.25, 0.3) is 17.7 Å². The summed E-state index contributed by atoms with van der Waals surface area (Å²) < 4.78 is 20.4. The summed E-state index contributed by atoms with van der Waals surface area (Å²) >= 11 is 0. The Kier molecular flexibility index (Phi) is 15.2. The van der Waals surface area contributed by atoms with Crippen molar-refractivity contribution in [1.29, 1.82) is 0 Å². The predicted molar refractivity (Wildman–Crippen MR) is 273 cm³/mol. The molecule has 23 heteroatoms. The Hall–Kier alpha value is -7.63. The lowest BCUT2D eigenvalue weighted by atomic mass is 9.85. The molecule has 9 rings (SSSR count). The number of imidazole rings is 2. The number of hydrazine groups is 1. The number of carbonyl (C=O) groups is 4. The highest BCUT2D eigenvalue weighted by atomic mass is 16.5. The summed E-state index contributed by atoms with van der Waals surface area (Å²) in [5.41, 5.74) is 7.17. The molecule has 3 atom stereocenters. The molecule has 5 heterocycles. The number of aliphatic hydroxyl groups is 1. The van der Waals surface area contributed by atoms with E-state index in [0.29, 0.717) is 119 Å². The summed E-state index contributed by atoms with van der Waals surface area (Å²) in [6.07, 6.45) is 9.15. The van der Waals surface area contributed by atoms with Crippen LogP contribution in [0.25, 0.3) is 22.1 Å². The molecule has 3 aliphatic rings. The molecule has 10 N–H and O–H groups in total. The van der Waals surface area contributed by atoms with E-state index in [1.807, 2.05) is 49.0 Å². The zero-order valence-electron chi connectivity index (χ0n) is 41.6. The summed E-state index contributed by atoms with van der Waals surface area (Å²) in [5.74, 6) is 11.9. The van der Waals surface area contributed by atoms with E-state index in [1.54, 1.807) is 45.8 Å². The minimum atomic E-state index is -0.482. The third-order valence-corrected chi connectivity index (χ3v) is 13.9. The van der Waals surface area contributed by atoms with Crippen molar-refractivity contribution in [2.45, 2.75) is 117 Å². The number of nitrogens with two attached hydrogens (primary N) is 2. The lowest BCUT2D eigenvalue weighted by Gasteiger charge is -2.29. The molecule has 1 aliphatic heterocycles. The number of allylic oxidation sites excluding steroid dienone is 2. The molecule has 4 aromatic heterocycles. The standard InChI is InChI=1S/C50H64N16O7/c1-5-65-39(17-28(3)61-65)47(70)57-49-55-37-20-31(25-67)21-41-43(37)63(49)15-7-8-16-64-44-38(56-50(64)58-48(71)40-18-29(4)62-66(40)6-2)22-33(46(69)54-34-12-10-32(11-13-34)45(59-51)60-52)23-42(44)73-27-35(26-72-41)53-24-30-9-14-36(68)19-30/h7-8,17-18,20-23,25,30,32,34-36,53,68H,5-6,9-16,19,24,26-27,51-52H2,1-4H3,(H,54,69)(H,59,60)(H,55,57,70)(H,56,58,71)/b8-7+. The van der Waals surface area contributed by atoms with Crippen LogP contribution in [-0.2, 0) is 26.2 Å². The molecule has 0 spiro atoms. The molecular formula is C50H64N16O7. The minimum Gasteiger partial charge on any atom is -0.490 e. The molecular weight excluding hydrogens is 937 g/mol. The van der Waals surface area contributed by atoms with E-state index < -0.39 is 17.9 Å². The number of anilines is 2. The van der Waals surface area contributed by atoms with Crippen LogP contribution in [0, 0.1) is 25.7 Å². The van der Waals surface area contributed by atoms with Gasteiger partial charge in [0.2, 0.25) is 11.9 Å². The van der Waals surface area contributed by atoms with Crippen LogP contribution in [0.2, 0.25) is 0 Å². The maximum atomic E-state index is 14.3. The van der Waals surface area contributed by atoms with Gasteiger partial charge in [-0.1, -0.05) is 12.2 Å². The summed E-state index contributed by atoms with van der Waals surface area (Å²) in [6, 6.07) is 9.50. The van der Waals surface area contributed by atoms with Crippen molar-refractivity contribution in [1.82, 2.24) is 54.7 Å². The fraction of sp³-hybridized carbons (Fsp3) is 0.460. The van der Waals surface area contributed by atoms with Gasteiger partial charge in [0.1, 0.15) is 59.3 Å². The van der Waals surface area contributed by atoms with Crippen molar-refractivity contribution >= 4 is 63.8 Å². The van der Waals surface area contributed by atoms with Gasteiger partial charge in [-0.15, -0.1) is 0 Å². The third-order valence-electron chi connectivity index (χ3n) is 13.9. The lowest BCUT2D eigenvalue weighted by Crippen LogP contribution is -2.43. The van der Waals surface area contributed by atoms with Gasteiger partial charge in [0, 0.05) is 49.3 Å². The van der Waals surface area contributed by atoms with Gasteiger partial charge >= 0.3 is 0 Å². The molecule has 0 saturated heterocycles. The van der Waals surface area contributed by atoms with Crippen LogP contribution in [0.15, 0.2) is 53.7 Å². The van der Waals surface area contributed by atoms with Crippen molar-refractivity contribution in [3.63, 3.8) is 0 Å². The zero-order chi connectivity index (χ0) is 51.3. The number of aromatic nitrogens is 8. The largest absolute Gasteiger partial charge is 0.490 e. The van der Waals surface area contributed by atoms with Gasteiger partial charge in [0.15, 0.2) is 0 Å². The van der Waals surface area contributed by atoms with Crippen molar-refractivity contribution < 1.29 is 33.8 Å². The minimum absolute atomic E-state index is 0.0406. The molecule has 0 radical (unpaired) electrons. The lowest BCUT2D eigenvalue weighted by molar-refractivity contribution is 0.0923. The van der Waals surface area contributed by atoms with E-state index in [0.717, 1.165) is 25.5 Å². The first-order valence-electron chi connectivity index (χ1n) is 25.0. The average Bonchev–Trinajstić information content (AvgIpc) is 4.23. The van der Waals surface area contributed by atoms with E-state index in [1.165, 1.54) is 0 Å². The number of aryl methyl sites for hydroxylation is 4. The van der Waals surface area contributed by atoms with E-state index in [2.05, 4.69) is 42.0 Å².